The summed E-state index contributed by atoms with van der Waals surface area (Å²) in [6, 6.07) is 0. The van der Waals surface area contributed by atoms with Gasteiger partial charge in [0.25, 0.3) is 5.84 Å². The van der Waals surface area contributed by atoms with E-state index in [9.17, 15) is 0 Å². The zero-order chi connectivity index (χ0) is 10.0. The first kappa shape index (κ1) is 9.53. The van der Waals surface area contributed by atoms with Gasteiger partial charge in [-0.25, -0.2) is 4.99 Å². The molecule has 0 saturated heterocycles. The lowest BCUT2D eigenvalue weighted by Gasteiger charge is -2.30. The first-order valence-corrected chi connectivity index (χ1v) is 5.45. The Balaban J connectivity index is 2.20. The monoisotopic (exact) mass is 190 g/mol. The summed E-state index contributed by atoms with van der Waals surface area (Å²) in [4.78, 5) is 4.61. The summed E-state index contributed by atoms with van der Waals surface area (Å²) in [5.74, 6) is 1.27. The van der Waals surface area contributed by atoms with E-state index in [0.29, 0.717) is 0 Å². The van der Waals surface area contributed by atoms with Gasteiger partial charge in [0, 0.05) is 18.6 Å². The van der Waals surface area contributed by atoms with Crippen LogP contribution in [0.3, 0.4) is 0 Å². The summed E-state index contributed by atoms with van der Waals surface area (Å²) in [6.45, 7) is 8.98. The molecule has 0 aromatic heterocycles. The van der Waals surface area contributed by atoms with Crippen molar-refractivity contribution in [1.82, 2.24) is 0 Å². The third kappa shape index (κ3) is 1.40. The highest BCUT2D eigenvalue weighted by Gasteiger charge is 2.35. The summed E-state index contributed by atoms with van der Waals surface area (Å²) < 4.78 is 1.06. The second kappa shape index (κ2) is 3.62. The lowest BCUT2D eigenvalue weighted by atomic mass is 10.0. The molecule has 1 heterocycles. The number of hydrogen-bond acceptors (Lipinski definition) is 1. The molecule has 2 rings (SSSR count). The summed E-state index contributed by atoms with van der Waals surface area (Å²) in [6.07, 6.45) is 8.59. The molecule has 0 bridgehead atoms. The quantitative estimate of drug-likeness (QED) is 0.476. The molecule has 0 unspecified atom stereocenters. The van der Waals surface area contributed by atoms with Crippen molar-refractivity contribution < 1.29 is 4.48 Å². The Labute approximate surface area is 86.2 Å². The number of allylic oxidation sites excluding steroid dienone is 3. The van der Waals surface area contributed by atoms with Crippen LogP contribution in [0.2, 0.25) is 0 Å². The molecule has 0 spiro atoms. The summed E-state index contributed by atoms with van der Waals surface area (Å²) in [7, 11) is 0. The van der Waals surface area contributed by atoms with E-state index in [0.717, 1.165) is 24.1 Å². The second-order valence-electron chi connectivity index (χ2n) is 3.91. The summed E-state index contributed by atoms with van der Waals surface area (Å²) in [5.41, 5.74) is 1.31. The number of quaternary nitrogens is 1. The van der Waals surface area contributed by atoms with Crippen molar-refractivity contribution in [3.8, 4) is 0 Å². The van der Waals surface area contributed by atoms with Crippen LogP contribution in [0.5, 0.6) is 0 Å². The Morgan fingerprint density at radius 2 is 2.21 bits per heavy atom. The van der Waals surface area contributed by atoms with Crippen LogP contribution in [-0.4, -0.2) is 36.5 Å². The summed E-state index contributed by atoms with van der Waals surface area (Å²) >= 11 is 0. The number of likely N-dealkylation sites (N-methyl/N-ethyl adjacent to an activating group) is 1. The van der Waals surface area contributed by atoms with E-state index in [1.54, 1.807) is 0 Å². The maximum absolute atomic E-state index is 4.61. The molecule has 0 fully saturated rings. The Hall–Kier alpha value is -1.02. The fraction of sp³-hybridized carbons (Fsp3) is 0.500. The second-order valence-corrected chi connectivity index (χ2v) is 3.91. The van der Waals surface area contributed by atoms with E-state index in [4.69, 9.17) is 0 Å². The maximum Gasteiger partial charge on any atom is 0.266 e. The van der Waals surface area contributed by atoms with Gasteiger partial charge in [0.15, 0.2) is 0 Å². The zero-order valence-electron chi connectivity index (χ0n) is 9.03. The molecular formula is C12H18N2+2. The van der Waals surface area contributed by atoms with Crippen molar-refractivity contribution in [2.45, 2.75) is 13.8 Å². The lowest BCUT2D eigenvalue weighted by Crippen LogP contribution is -2.49. The molecule has 2 aliphatic rings. The predicted molar refractivity (Wildman–Crippen MR) is 60.0 cm³/mol. The number of hydrogen-bond donors (Lipinski definition) is 0. The lowest BCUT2D eigenvalue weighted by molar-refractivity contribution is -0.830. The van der Waals surface area contributed by atoms with Crippen molar-refractivity contribution in [3.63, 3.8) is 0 Å². The van der Waals surface area contributed by atoms with Crippen LogP contribution >= 0.6 is 0 Å². The van der Waals surface area contributed by atoms with Gasteiger partial charge in [-0.3, -0.25) is 4.48 Å². The molecule has 0 aromatic carbocycles. The Bertz CT molecular complexity index is 306. The fourth-order valence-corrected chi connectivity index (χ4v) is 2.12. The minimum absolute atomic E-state index is 0.991. The van der Waals surface area contributed by atoms with Gasteiger partial charge in [0.2, 0.25) is 0 Å². The molecule has 14 heavy (non-hydrogen) atoms. The molecule has 1 aliphatic carbocycles. The molecule has 0 radical (unpaired) electrons. The van der Waals surface area contributed by atoms with E-state index < -0.39 is 0 Å². The molecule has 0 N–H and O–H groups in total. The van der Waals surface area contributed by atoms with Crippen LogP contribution in [0.4, 0.5) is 0 Å². The molecule has 1 aliphatic heterocycles. The Morgan fingerprint density at radius 1 is 1.50 bits per heavy atom. The van der Waals surface area contributed by atoms with Gasteiger partial charge in [-0.1, -0.05) is 0 Å². The molecular weight excluding hydrogens is 172 g/mol. The van der Waals surface area contributed by atoms with Crippen LogP contribution in [-0.2, 0) is 0 Å². The molecule has 0 saturated carbocycles. The molecule has 2 nitrogen and oxygen atoms in total. The van der Waals surface area contributed by atoms with E-state index in [-0.39, 0.29) is 0 Å². The van der Waals surface area contributed by atoms with Gasteiger partial charge in [0.1, 0.15) is 18.2 Å². The topological polar surface area (TPSA) is 12.4 Å². The van der Waals surface area contributed by atoms with Crippen LogP contribution in [0.25, 0.3) is 0 Å². The van der Waals surface area contributed by atoms with E-state index in [1.807, 2.05) is 0 Å². The number of amidine groups is 1. The standard InChI is InChI=1S/C12H18N2/c1-3-14(4-2)9-8-13-12(14)10-11-6-5-7-11/h5-7,10H,3-4,8-9H2,1-2H3/q+2. The number of rotatable bonds is 3. The average molecular weight is 190 g/mol. The highest BCUT2D eigenvalue weighted by Crippen LogP contribution is 2.20. The molecule has 0 amide bonds. The largest absolute Gasteiger partial charge is 0.266 e. The SMILES string of the molecule is CC[N+]1(CC)CCN=C1C=C1C=C[CH+]1. The van der Waals surface area contributed by atoms with Gasteiger partial charge >= 0.3 is 0 Å². The number of nitrogens with zero attached hydrogens (tertiary/aromatic N) is 2. The highest BCUT2D eigenvalue weighted by molar-refractivity contribution is 5.90. The molecule has 0 atom stereocenters. The Morgan fingerprint density at radius 3 is 2.71 bits per heavy atom. The normalized spacial score (nSPS) is 25.9. The number of aliphatic imine (C=N–C) groups is 1. The van der Waals surface area contributed by atoms with Crippen LogP contribution in [0.15, 0.2) is 28.8 Å². The van der Waals surface area contributed by atoms with Crippen molar-refractivity contribution >= 4 is 5.84 Å². The third-order valence-electron chi connectivity index (χ3n) is 3.37. The van der Waals surface area contributed by atoms with Crippen LogP contribution < -0.4 is 0 Å². The van der Waals surface area contributed by atoms with Gasteiger partial charge in [-0.15, -0.1) is 0 Å². The molecule has 74 valence electrons. The van der Waals surface area contributed by atoms with Crippen LogP contribution in [0.1, 0.15) is 13.8 Å². The van der Waals surface area contributed by atoms with Crippen molar-refractivity contribution in [3.05, 3.63) is 30.2 Å². The zero-order valence-corrected chi connectivity index (χ0v) is 9.03. The summed E-state index contributed by atoms with van der Waals surface area (Å²) in [5, 5.41) is 0. The first-order valence-electron chi connectivity index (χ1n) is 5.45. The van der Waals surface area contributed by atoms with Crippen molar-refractivity contribution in [2.24, 2.45) is 4.99 Å². The highest BCUT2D eigenvalue weighted by atomic mass is 15.4. The minimum atomic E-state index is 0.991. The van der Waals surface area contributed by atoms with Gasteiger partial charge < -0.3 is 0 Å². The van der Waals surface area contributed by atoms with Gasteiger partial charge in [-0.2, -0.15) is 0 Å². The first-order chi connectivity index (χ1) is 6.80. The van der Waals surface area contributed by atoms with E-state index >= 15 is 0 Å². The molecule has 0 aromatic rings. The van der Waals surface area contributed by atoms with Crippen molar-refractivity contribution in [1.29, 1.82) is 0 Å². The average Bonchev–Trinajstić information content (AvgIpc) is 2.55. The Kier molecular flexibility index (Phi) is 2.46. The van der Waals surface area contributed by atoms with Crippen molar-refractivity contribution in [2.75, 3.05) is 26.2 Å². The van der Waals surface area contributed by atoms with E-state index in [1.165, 1.54) is 18.0 Å². The van der Waals surface area contributed by atoms with Gasteiger partial charge in [0.05, 0.1) is 19.6 Å². The van der Waals surface area contributed by atoms with Crippen LogP contribution in [0, 0.1) is 6.42 Å². The smallest absolute Gasteiger partial charge is 0.265 e. The maximum atomic E-state index is 4.61. The third-order valence-corrected chi connectivity index (χ3v) is 3.37. The van der Waals surface area contributed by atoms with E-state index in [2.05, 4.69) is 43.5 Å². The minimum Gasteiger partial charge on any atom is -0.265 e. The molecule has 2 heteroatoms. The predicted octanol–water partition coefficient (Wildman–Crippen LogP) is 1.96. The fourth-order valence-electron chi connectivity index (χ4n) is 2.12. The van der Waals surface area contributed by atoms with Gasteiger partial charge in [-0.05, 0) is 13.8 Å².